The minimum absolute atomic E-state index is 0.0625. The van der Waals surface area contributed by atoms with Crippen LogP contribution in [0.25, 0.3) is 10.9 Å². The second kappa shape index (κ2) is 8.41. The van der Waals surface area contributed by atoms with E-state index in [9.17, 15) is 9.59 Å². The second-order valence-corrected chi connectivity index (χ2v) is 7.93. The van der Waals surface area contributed by atoms with Crippen LogP contribution in [0.1, 0.15) is 32.7 Å². The lowest BCUT2D eigenvalue weighted by Crippen LogP contribution is -2.33. The molecule has 0 radical (unpaired) electrons. The van der Waals surface area contributed by atoms with E-state index in [1.807, 2.05) is 13.8 Å². The van der Waals surface area contributed by atoms with Crippen molar-refractivity contribution >= 4 is 40.2 Å². The molecule has 2 heterocycles. The standard InChI is InChI=1S/C18H22ClN3O3S/c1-11(2)22-17(24)14-6-5-12(19)8-15(14)21-18(22)26-10-16(23)20-9-13-4-3-7-25-13/h5-6,8,11,13H,3-4,7,9-10H2,1-2H3,(H,20,23)/t13-/m0/s1. The molecular formula is C18H22ClN3O3S. The van der Waals surface area contributed by atoms with Crippen LogP contribution in [0.5, 0.6) is 0 Å². The van der Waals surface area contributed by atoms with Gasteiger partial charge in [0.2, 0.25) is 5.91 Å². The molecule has 140 valence electrons. The minimum atomic E-state index is -0.121. The monoisotopic (exact) mass is 395 g/mol. The largest absolute Gasteiger partial charge is 0.376 e. The van der Waals surface area contributed by atoms with E-state index in [0.29, 0.717) is 27.6 Å². The molecule has 0 bridgehead atoms. The third-order valence-corrected chi connectivity index (χ3v) is 5.42. The van der Waals surface area contributed by atoms with E-state index in [2.05, 4.69) is 10.3 Å². The molecule has 0 saturated carbocycles. The Labute approximate surface area is 161 Å². The van der Waals surface area contributed by atoms with Crippen LogP contribution in [0.2, 0.25) is 5.02 Å². The lowest BCUT2D eigenvalue weighted by Gasteiger charge is -2.16. The third kappa shape index (κ3) is 4.39. The Morgan fingerprint density at radius 3 is 3.00 bits per heavy atom. The summed E-state index contributed by atoms with van der Waals surface area (Å²) in [4.78, 5) is 29.5. The highest BCUT2D eigenvalue weighted by Gasteiger charge is 2.18. The van der Waals surface area contributed by atoms with E-state index < -0.39 is 0 Å². The third-order valence-electron chi connectivity index (χ3n) is 4.23. The van der Waals surface area contributed by atoms with Gasteiger partial charge < -0.3 is 10.1 Å². The van der Waals surface area contributed by atoms with Crippen molar-refractivity contribution in [3.05, 3.63) is 33.6 Å². The van der Waals surface area contributed by atoms with E-state index in [0.717, 1.165) is 19.4 Å². The summed E-state index contributed by atoms with van der Waals surface area (Å²) >= 11 is 7.28. The van der Waals surface area contributed by atoms with Gasteiger partial charge in [-0.1, -0.05) is 23.4 Å². The molecule has 26 heavy (non-hydrogen) atoms. The van der Waals surface area contributed by atoms with Gasteiger partial charge in [0, 0.05) is 24.2 Å². The number of carbonyl (C=O) groups excluding carboxylic acids is 1. The fourth-order valence-electron chi connectivity index (χ4n) is 2.92. The normalized spacial score (nSPS) is 17.2. The topological polar surface area (TPSA) is 73.2 Å². The maximum Gasteiger partial charge on any atom is 0.262 e. The van der Waals surface area contributed by atoms with Gasteiger partial charge in [-0.3, -0.25) is 14.2 Å². The fourth-order valence-corrected chi connectivity index (χ4v) is 4.05. The molecule has 6 nitrogen and oxygen atoms in total. The van der Waals surface area contributed by atoms with E-state index in [1.165, 1.54) is 11.8 Å². The van der Waals surface area contributed by atoms with Crippen molar-refractivity contribution in [3.63, 3.8) is 0 Å². The number of amides is 1. The van der Waals surface area contributed by atoms with E-state index >= 15 is 0 Å². The molecule has 1 fully saturated rings. The number of nitrogens with one attached hydrogen (secondary N) is 1. The molecule has 1 aliphatic heterocycles. The number of aromatic nitrogens is 2. The molecule has 1 saturated heterocycles. The molecule has 2 aromatic rings. The van der Waals surface area contributed by atoms with Crippen molar-refractivity contribution in [2.24, 2.45) is 0 Å². The Morgan fingerprint density at radius 2 is 2.31 bits per heavy atom. The first-order chi connectivity index (χ1) is 12.5. The van der Waals surface area contributed by atoms with Crippen molar-refractivity contribution in [3.8, 4) is 0 Å². The molecule has 1 aromatic heterocycles. The van der Waals surface area contributed by atoms with E-state index in [1.54, 1.807) is 22.8 Å². The Bertz CT molecular complexity index is 863. The Morgan fingerprint density at radius 1 is 1.50 bits per heavy atom. The number of hydrogen-bond donors (Lipinski definition) is 1. The van der Waals surface area contributed by atoms with Crippen molar-refractivity contribution < 1.29 is 9.53 Å². The maximum absolute atomic E-state index is 12.8. The lowest BCUT2D eigenvalue weighted by atomic mass is 10.2. The van der Waals surface area contributed by atoms with Crippen LogP contribution in [0.15, 0.2) is 28.2 Å². The summed E-state index contributed by atoms with van der Waals surface area (Å²) in [6.45, 7) is 5.13. The number of nitrogens with zero attached hydrogens (tertiary/aromatic N) is 2. The quantitative estimate of drug-likeness (QED) is 0.601. The highest BCUT2D eigenvalue weighted by Crippen LogP contribution is 2.22. The number of rotatable bonds is 6. The van der Waals surface area contributed by atoms with Crippen molar-refractivity contribution in [1.82, 2.24) is 14.9 Å². The number of halogens is 1. The Balaban J connectivity index is 1.76. The minimum Gasteiger partial charge on any atom is -0.376 e. The molecule has 8 heteroatoms. The van der Waals surface area contributed by atoms with Gasteiger partial charge in [0.1, 0.15) is 0 Å². The van der Waals surface area contributed by atoms with Crippen LogP contribution in [0.4, 0.5) is 0 Å². The van der Waals surface area contributed by atoms with Gasteiger partial charge >= 0.3 is 0 Å². The zero-order chi connectivity index (χ0) is 18.7. The molecule has 1 aromatic carbocycles. The van der Waals surface area contributed by atoms with Crippen LogP contribution < -0.4 is 10.9 Å². The van der Waals surface area contributed by atoms with Crippen molar-refractivity contribution in [2.45, 2.75) is 44.0 Å². The number of ether oxygens (including phenoxy) is 1. The molecule has 0 spiro atoms. The van der Waals surface area contributed by atoms with Crippen molar-refractivity contribution in [2.75, 3.05) is 18.9 Å². The molecule has 1 N–H and O–H groups in total. The molecule has 1 amide bonds. The predicted molar refractivity (Wildman–Crippen MR) is 104 cm³/mol. The van der Waals surface area contributed by atoms with E-state index in [-0.39, 0.29) is 29.4 Å². The van der Waals surface area contributed by atoms with Gasteiger partial charge in [-0.2, -0.15) is 0 Å². The zero-order valence-electron chi connectivity index (χ0n) is 14.8. The summed E-state index contributed by atoms with van der Waals surface area (Å²) in [5.41, 5.74) is 0.422. The summed E-state index contributed by atoms with van der Waals surface area (Å²) in [5.74, 6) is 0.0963. The van der Waals surface area contributed by atoms with Crippen molar-refractivity contribution in [1.29, 1.82) is 0 Å². The highest BCUT2D eigenvalue weighted by molar-refractivity contribution is 7.99. The van der Waals surface area contributed by atoms with Gasteiger partial charge in [0.25, 0.3) is 5.56 Å². The average Bonchev–Trinajstić information content (AvgIpc) is 3.11. The van der Waals surface area contributed by atoms with E-state index in [4.69, 9.17) is 16.3 Å². The van der Waals surface area contributed by atoms with Gasteiger partial charge in [-0.25, -0.2) is 4.98 Å². The van der Waals surface area contributed by atoms with Gasteiger partial charge in [-0.15, -0.1) is 0 Å². The number of fused-ring (bicyclic) bond motifs is 1. The summed E-state index contributed by atoms with van der Waals surface area (Å²) in [6.07, 6.45) is 2.13. The molecule has 0 aliphatic carbocycles. The molecular weight excluding hydrogens is 374 g/mol. The second-order valence-electron chi connectivity index (χ2n) is 6.55. The fraction of sp³-hybridized carbons (Fsp3) is 0.500. The number of carbonyl (C=O) groups is 1. The SMILES string of the molecule is CC(C)n1c(SCC(=O)NC[C@@H]2CCCO2)nc2cc(Cl)ccc2c1=O. The summed E-state index contributed by atoms with van der Waals surface area (Å²) < 4.78 is 7.12. The zero-order valence-corrected chi connectivity index (χ0v) is 16.4. The first kappa shape index (κ1) is 19.2. The summed E-state index contributed by atoms with van der Waals surface area (Å²) in [6, 6.07) is 4.98. The van der Waals surface area contributed by atoms with Crippen LogP contribution >= 0.6 is 23.4 Å². The van der Waals surface area contributed by atoms with Crippen LogP contribution in [-0.2, 0) is 9.53 Å². The number of benzene rings is 1. The summed E-state index contributed by atoms with van der Waals surface area (Å²) in [7, 11) is 0. The molecule has 1 aliphatic rings. The maximum atomic E-state index is 12.8. The molecule has 3 rings (SSSR count). The predicted octanol–water partition coefficient (Wildman–Crippen LogP) is 3.02. The summed E-state index contributed by atoms with van der Waals surface area (Å²) in [5, 5.41) is 4.45. The Kier molecular flexibility index (Phi) is 6.21. The van der Waals surface area contributed by atoms with Crippen LogP contribution in [0.3, 0.4) is 0 Å². The van der Waals surface area contributed by atoms with Gasteiger partial charge in [0.05, 0.1) is 22.8 Å². The lowest BCUT2D eigenvalue weighted by molar-refractivity contribution is -0.119. The number of thioether (sulfide) groups is 1. The molecule has 0 unspecified atom stereocenters. The van der Waals surface area contributed by atoms with Crippen LogP contribution in [0, 0.1) is 0 Å². The van der Waals surface area contributed by atoms with Gasteiger partial charge in [0.15, 0.2) is 5.16 Å². The smallest absolute Gasteiger partial charge is 0.262 e. The van der Waals surface area contributed by atoms with Crippen LogP contribution in [-0.4, -0.2) is 40.5 Å². The van der Waals surface area contributed by atoms with Gasteiger partial charge in [-0.05, 0) is 44.9 Å². The first-order valence-electron chi connectivity index (χ1n) is 8.68. The highest BCUT2D eigenvalue weighted by atomic mass is 35.5. The first-order valence-corrected chi connectivity index (χ1v) is 10.0. The number of hydrogen-bond acceptors (Lipinski definition) is 5. The molecule has 1 atom stereocenters. The average molecular weight is 396 g/mol. The Hall–Kier alpha value is -1.57.